The molecule has 0 spiro atoms. The van der Waals surface area contributed by atoms with Crippen LogP contribution in [0.15, 0.2) is 59.5 Å². The predicted octanol–water partition coefficient (Wildman–Crippen LogP) is 3.45. The summed E-state index contributed by atoms with van der Waals surface area (Å²) in [7, 11) is -3.71. The van der Waals surface area contributed by atoms with Crippen molar-refractivity contribution in [2.75, 3.05) is 10.8 Å². The highest BCUT2D eigenvalue weighted by atomic mass is 32.2. The lowest BCUT2D eigenvalue weighted by molar-refractivity contribution is -0.135. The number of carboxylic acid groups (broad SMARTS) is 1. The van der Waals surface area contributed by atoms with Crippen molar-refractivity contribution in [3.05, 3.63) is 65.7 Å². The zero-order valence-electron chi connectivity index (χ0n) is 13.8. The zero-order chi connectivity index (χ0) is 18.0. The third kappa shape index (κ3) is 3.44. The van der Waals surface area contributed by atoms with E-state index in [2.05, 4.69) is 0 Å². The molecule has 1 aliphatic rings. The van der Waals surface area contributed by atoms with E-state index in [1.807, 2.05) is 13.0 Å². The molecule has 2 aromatic rings. The molecule has 25 heavy (non-hydrogen) atoms. The lowest BCUT2D eigenvalue weighted by Gasteiger charge is -2.25. The fraction of sp³-hybridized carbons (Fsp3) is 0.211. The number of para-hydroxylation sites is 1. The van der Waals surface area contributed by atoms with Gasteiger partial charge in [-0.1, -0.05) is 42.0 Å². The van der Waals surface area contributed by atoms with Crippen molar-refractivity contribution in [1.29, 1.82) is 0 Å². The number of aryl methyl sites for hydroxylation is 1. The molecule has 0 atom stereocenters. The van der Waals surface area contributed by atoms with Gasteiger partial charge in [-0.25, -0.2) is 8.42 Å². The fourth-order valence-corrected chi connectivity index (χ4v) is 4.46. The van der Waals surface area contributed by atoms with Crippen molar-refractivity contribution < 1.29 is 18.3 Å². The van der Waals surface area contributed by atoms with Crippen LogP contribution in [0.4, 0.5) is 5.69 Å². The van der Waals surface area contributed by atoms with E-state index >= 15 is 0 Å². The summed E-state index contributed by atoms with van der Waals surface area (Å²) in [6, 6.07) is 13.8. The second-order valence-electron chi connectivity index (χ2n) is 6.00. The predicted molar refractivity (Wildman–Crippen MR) is 97.0 cm³/mol. The highest BCUT2D eigenvalue weighted by molar-refractivity contribution is 7.92. The number of anilines is 1. The van der Waals surface area contributed by atoms with E-state index in [0.29, 0.717) is 23.2 Å². The lowest BCUT2D eigenvalue weighted by atomic mass is 10.0. The van der Waals surface area contributed by atoms with Crippen LogP contribution >= 0.6 is 0 Å². The summed E-state index contributed by atoms with van der Waals surface area (Å²) in [6.45, 7) is 2.18. The molecular weight excluding hydrogens is 338 g/mol. The first-order chi connectivity index (χ1) is 11.9. The first-order valence-corrected chi connectivity index (χ1v) is 9.43. The standard InChI is InChI=1S/C19H19NO4S/c1-14-8-10-16(11-9-14)25(23,24)20-12-4-5-15(13-19(21)22)17-6-2-3-7-18(17)20/h2-3,5-11H,4,12-13H2,1H3,(H,21,22). The van der Waals surface area contributed by atoms with Gasteiger partial charge in [0.1, 0.15) is 0 Å². The highest BCUT2D eigenvalue weighted by Gasteiger charge is 2.28. The average molecular weight is 357 g/mol. The van der Waals surface area contributed by atoms with Crippen molar-refractivity contribution in [2.24, 2.45) is 0 Å². The Morgan fingerprint density at radius 1 is 1.12 bits per heavy atom. The summed E-state index contributed by atoms with van der Waals surface area (Å²) < 4.78 is 27.6. The van der Waals surface area contributed by atoms with Crippen LogP contribution in [0.3, 0.4) is 0 Å². The van der Waals surface area contributed by atoms with Crippen molar-refractivity contribution >= 4 is 27.3 Å². The number of hydrogen-bond acceptors (Lipinski definition) is 3. The Hall–Kier alpha value is -2.60. The highest BCUT2D eigenvalue weighted by Crippen LogP contribution is 2.35. The van der Waals surface area contributed by atoms with E-state index in [1.54, 1.807) is 48.5 Å². The monoisotopic (exact) mass is 357 g/mol. The molecule has 0 aromatic heterocycles. The molecule has 6 heteroatoms. The molecule has 0 bridgehead atoms. The van der Waals surface area contributed by atoms with Crippen LogP contribution in [0.2, 0.25) is 0 Å². The van der Waals surface area contributed by atoms with Crippen molar-refractivity contribution in [3.8, 4) is 0 Å². The molecule has 0 unspecified atom stereocenters. The number of rotatable bonds is 4. The second-order valence-corrected chi connectivity index (χ2v) is 7.86. The molecule has 130 valence electrons. The molecule has 2 aromatic carbocycles. The Balaban J connectivity index is 2.08. The van der Waals surface area contributed by atoms with Gasteiger partial charge in [0.05, 0.1) is 17.0 Å². The van der Waals surface area contributed by atoms with Gasteiger partial charge in [0.2, 0.25) is 0 Å². The van der Waals surface area contributed by atoms with E-state index < -0.39 is 16.0 Å². The molecular formula is C19H19NO4S. The minimum Gasteiger partial charge on any atom is -0.481 e. The molecule has 0 radical (unpaired) electrons. The summed E-state index contributed by atoms with van der Waals surface area (Å²) >= 11 is 0. The number of carbonyl (C=O) groups is 1. The topological polar surface area (TPSA) is 74.7 Å². The maximum atomic E-state index is 13.1. The van der Waals surface area contributed by atoms with Crippen molar-refractivity contribution in [1.82, 2.24) is 0 Å². The number of benzene rings is 2. The Labute approximate surface area is 147 Å². The number of fused-ring (bicyclic) bond motifs is 1. The summed E-state index contributed by atoms with van der Waals surface area (Å²) in [6.07, 6.45) is 2.15. The van der Waals surface area contributed by atoms with Crippen molar-refractivity contribution in [3.63, 3.8) is 0 Å². The van der Waals surface area contributed by atoms with Gasteiger partial charge in [0, 0.05) is 12.1 Å². The summed E-state index contributed by atoms with van der Waals surface area (Å²) in [5.74, 6) is -0.934. The Morgan fingerprint density at radius 3 is 2.48 bits per heavy atom. The first-order valence-electron chi connectivity index (χ1n) is 7.99. The first kappa shape index (κ1) is 17.2. The minimum absolute atomic E-state index is 0.130. The average Bonchev–Trinajstić information content (AvgIpc) is 2.75. The fourth-order valence-electron chi connectivity index (χ4n) is 2.97. The molecule has 0 saturated carbocycles. The van der Waals surface area contributed by atoms with Gasteiger partial charge in [-0.2, -0.15) is 0 Å². The number of aliphatic carboxylic acids is 1. The van der Waals surface area contributed by atoms with Gasteiger partial charge in [-0.3, -0.25) is 9.10 Å². The minimum atomic E-state index is -3.71. The van der Waals surface area contributed by atoms with Crippen LogP contribution in [-0.4, -0.2) is 26.0 Å². The molecule has 1 heterocycles. The van der Waals surface area contributed by atoms with Gasteiger partial charge in [-0.15, -0.1) is 0 Å². The Morgan fingerprint density at radius 2 is 1.80 bits per heavy atom. The van der Waals surface area contributed by atoms with Crippen LogP contribution in [-0.2, 0) is 14.8 Å². The van der Waals surface area contributed by atoms with Gasteiger partial charge >= 0.3 is 5.97 Å². The SMILES string of the molecule is Cc1ccc(S(=O)(=O)N2CCC=C(CC(=O)O)c3ccccc32)cc1. The van der Waals surface area contributed by atoms with E-state index in [-0.39, 0.29) is 17.9 Å². The molecule has 5 nitrogen and oxygen atoms in total. The van der Waals surface area contributed by atoms with E-state index in [1.165, 1.54) is 4.31 Å². The molecule has 0 aliphatic carbocycles. The van der Waals surface area contributed by atoms with Crippen LogP contribution in [0.25, 0.3) is 5.57 Å². The van der Waals surface area contributed by atoms with Gasteiger partial charge in [0.15, 0.2) is 0 Å². The Kier molecular flexibility index (Phi) is 4.63. The molecule has 0 saturated heterocycles. The quantitative estimate of drug-likeness (QED) is 0.909. The van der Waals surface area contributed by atoms with Crippen LogP contribution in [0.5, 0.6) is 0 Å². The van der Waals surface area contributed by atoms with Crippen LogP contribution in [0, 0.1) is 6.92 Å². The molecule has 1 aliphatic heterocycles. The zero-order valence-corrected chi connectivity index (χ0v) is 14.7. The molecule has 1 N–H and O–H groups in total. The summed E-state index contributed by atoms with van der Waals surface area (Å²) in [5, 5.41) is 9.14. The van der Waals surface area contributed by atoms with E-state index in [0.717, 1.165) is 5.56 Å². The summed E-state index contributed by atoms with van der Waals surface area (Å²) in [5.41, 5.74) is 2.80. The van der Waals surface area contributed by atoms with Crippen molar-refractivity contribution in [2.45, 2.75) is 24.7 Å². The third-order valence-corrected chi connectivity index (χ3v) is 6.02. The molecule has 0 fully saturated rings. The molecule has 0 amide bonds. The number of hydrogen-bond donors (Lipinski definition) is 1. The maximum absolute atomic E-state index is 13.1. The molecule has 3 rings (SSSR count). The van der Waals surface area contributed by atoms with Gasteiger partial charge in [0.25, 0.3) is 10.0 Å². The van der Waals surface area contributed by atoms with E-state index in [9.17, 15) is 13.2 Å². The summed E-state index contributed by atoms with van der Waals surface area (Å²) in [4.78, 5) is 11.4. The lowest BCUT2D eigenvalue weighted by Crippen LogP contribution is -2.32. The van der Waals surface area contributed by atoms with Gasteiger partial charge < -0.3 is 5.11 Å². The second kappa shape index (κ2) is 6.72. The van der Waals surface area contributed by atoms with Gasteiger partial charge in [-0.05, 0) is 37.1 Å². The number of nitrogens with zero attached hydrogens (tertiary/aromatic N) is 1. The van der Waals surface area contributed by atoms with E-state index in [4.69, 9.17) is 5.11 Å². The van der Waals surface area contributed by atoms with Crippen LogP contribution in [0.1, 0.15) is 24.0 Å². The normalized spacial score (nSPS) is 14.4. The number of sulfonamides is 1. The smallest absolute Gasteiger partial charge is 0.307 e. The largest absolute Gasteiger partial charge is 0.481 e. The number of carboxylic acids is 1. The Bertz CT molecular complexity index is 930. The third-order valence-electron chi connectivity index (χ3n) is 4.19. The maximum Gasteiger partial charge on any atom is 0.307 e. The van der Waals surface area contributed by atoms with Crippen LogP contribution < -0.4 is 4.31 Å².